The summed E-state index contributed by atoms with van der Waals surface area (Å²) in [5.74, 6) is 1.04. The van der Waals surface area contributed by atoms with E-state index < -0.39 is 0 Å². The van der Waals surface area contributed by atoms with E-state index in [9.17, 15) is 4.79 Å². The predicted molar refractivity (Wildman–Crippen MR) is 90.4 cm³/mol. The first-order valence-electron chi connectivity index (χ1n) is 8.33. The fourth-order valence-corrected chi connectivity index (χ4v) is 3.25. The van der Waals surface area contributed by atoms with Crippen molar-refractivity contribution >= 4 is 5.91 Å². The summed E-state index contributed by atoms with van der Waals surface area (Å²) < 4.78 is 10.7. The number of para-hydroxylation sites is 1. The SMILES string of the molecule is COc1ccccc1CCCNC(=O)[C@H]1CC[C@@H](OC)[C@H](N)C1. The molecule has 1 amide bonds. The number of hydrogen-bond donors (Lipinski definition) is 2. The molecule has 1 aromatic carbocycles. The zero-order valence-electron chi connectivity index (χ0n) is 14.1. The Morgan fingerprint density at radius 1 is 1.30 bits per heavy atom. The molecule has 2 rings (SSSR count). The number of carbonyl (C=O) groups excluding carboxylic acids is 1. The van der Waals surface area contributed by atoms with Gasteiger partial charge in [0.1, 0.15) is 5.75 Å². The van der Waals surface area contributed by atoms with E-state index >= 15 is 0 Å². The molecule has 0 radical (unpaired) electrons. The van der Waals surface area contributed by atoms with Gasteiger partial charge in [-0.2, -0.15) is 0 Å². The molecule has 1 aliphatic carbocycles. The van der Waals surface area contributed by atoms with Crippen LogP contribution < -0.4 is 15.8 Å². The molecule has 0 spiro atoms. The van der Waals surface area contributed by atoms with Crippen molar-refractivity contribution in [2.75, 3.05) is 20.8 Å². The van der Waals surface area contributed by atoms with E-state index in [1.165, 1.54) is 5.56 Å². The molecule has 1 aliphatic rings. The van der Waals surface area contributed by atoms with Crippen LogP contribution in [0.25, 0.3) is 0 Å². The Hall–Kier alpha value is -1.59. The van der Waals surface area contributed by atoms with Gasteiger partial charge < -0.3 is 20.5 Å². The van der Waals surface area contributed by atoms with Crippen LogP contribution in [0.4, 0.5) is 0 Å². The Labute approximate surface area is 138 Å². The molecule has 5 heteroatoms. The molecule has 0 aromatic heterocycles. The highest BCUT2D eigenvalue weighted by Gasteiger charge is 2.31. The molecule has 128 valence electrons. The van der Waals surface area contributed by atoms with Gasteiger partial charge in [-0.15, -0.1) is 0 Å². The molecule has 5 nitrogen and oxygen atoms in total. The third-order valence-electron chi connectivity index (χ3n) is 4.62. The van der Waals surface area contributed by atoms with Crippen molar-refractivity contribution in [1.82, 2.24) is 5.32 Å². The number of nitrogens with one attached hydrogen (secondary N) is 1. The molecule has 0 unspecified atom stereocenters. The lowest BCUT2D eigenvalue weighted by atomic mass is 9.83. The van der Waals surface area contributed by atoms with E-state index in [-0.39, 0.29) is 24.0 Å². The van der Waals surface area contributed by atoms with Crippen molar-refractivity contribution in [3.8, 4) is 5.75 Å². The minimum atomic E-state index is -0.0434. The van der Waals surface area contributed by atoms with Crippen LogP contribution in [0, 0.1) is 5.92 Å². The van der Waals surface area contributed by atoms with Crippen LogP contribution in [-0.4, -0.2) is 38.8 Å². The molecular formula is C18H28N2O3. The highest BCUT2D eigenvalue weighted by Crippen LogP contribution is 2.25. The van der Waals surface area contributed by atoms with Crippen molar-refractivity contribution in [1.29, 1.82) is 0 Å². The van der Waals surface area contributed by atoms with Crippen molar-refractivity contribution in [2.45, 2.75) is 44.2 Å². The number of aryl methyl sites for hydroxylation is 1. The Bertz CT molecular complexity index is 507. The Morgan fingerprint density at radius 3 is 2.78 bits per heavy atom. The van der Waals surface area contributed by atoms with Gasteiger partial charge in [0.25, 0.3) is 0 Å². The third-order valence-corrected chi connectivity index (χ3v) is 4.62. The monoisotopic (exact) mass is 320 g/mol. The third kappa shape index (κ3) is 4.94. The number of hydrogen-bond acceptors (Lipinski definition) is 4. The van der Waals surface area contributed by atoms with Gasteiger partial charge in [-0.05, 0) is 43.7 Å². The second-order valence-electron chi connectivity index (χ2n) is 6.15. The second-order valence-corrected chi connectivity index (χ2v) is 6.15. The average Bonchev–Trinajstić information content (AvgIpc) is 2.58. The maximum absolute atomic E-state index is 12.2. The first-order valence-corrected chi connectivity index (χ1v) is 8.33. The fourth-order valence-electron chi connectivity index (χ4n) is 3.25. The van der Waals surface area contributed by atoms with Gasteiger partial charge in [0.05, 0.1) is 13.2 Å². The maximum atomic E-state index is 12.2. The largest absolute Gasteiger partial charge is 0.496 e. The van der Waals surface area contributed by atoms with Gasteiger partial charge >= 0.3 is 0 Å². The lowest BCUT2D eigenvalue weighted by Gasteiger charge is -2.32. The van der Waals surface area contributed by atoms with Crippen molar-refractivity contribution in [2.24, 2.45) is 11.7 Å². The smallest absolute Gasteiger partial charge is 0.223 e. The van der Waals surface area contributed by atoms with E-state index in [0.29, 0.717) is 13.0 Å². The Morgan fingerprint density at radius 2 is 2.09 bits per heavy atom. The number of methoxy groups -OCH3 is 2. The molecule has 0 bridgehead atoms. The highest BCUT2D eigenvalue weighted by atomic mass is 16.5. The molecule has 23 heavy (non-hydrogen) atoms. The molecule has 0 aliphatic heterocycles. The predicted octanol–water partition coefficient (Wildman–Crippen LogP) is 1.89. The zero-order chi connectivity index (χ0) is 16.7. The Balaban J connectivity index is 1.71. The zero-order valence-corrected chi connectivity index (χ0v) is 14.1. The van der Waals surface area contributed by atoms with Gasteiger partial charge in [0, 0.05) is 25.6 Å². The van der Waals surface area contributed by atoms with Crippen molar-refractivity contribution in [3.05, 3.63) is 29.8 Å². The summed E-state index contributed by atoms with van der Waals surface area (Å²) in [6, 6.07) is 7.95. The average molecular weight is 320 g/mol. The van der Waals surface area contributed by atoms with E-state index in [1.54, 1.807) is 14.2 Å². The maximum Gasteiger partial charge on any atom is 0.223 e. The van der Waals surface area contributed by atoms with Gasteiger partial charge in [-0.1, -0.05) is 18.2 Å². The van der Waals surface area contributed by atoms with Crippen LogP contribution in [-0.2, 0) is 16.0 Å². The van der Waals surface area contributed by atoms with E-state index in [0.717, 1.165) is 31.4 Å². The molecule has 1 fully saturated rings. The van der Waals surface area contributed by atoms with Gasteiger partial charge in [-0.25, -0.2) is 0 Å². The molecule has 3 N–H and O–H groups in total. The first kappa shape index (κ1) is 17.8. The van der Waals surface area contributed by atoms with Crippen LogP contribution in [0.2, 0.25) is 0 Å². The second kappa shape index (κ2) is 8.89. The summed E-state index contributed by atoms with van der Waals surface area (Å²) in [6.45, 7) is 0.677. The van der Waals surface area contributed by atoms with Crippen LogP contribution in [0.3, 0.4) is 0 Å². The van der Waals surface area contributed by atoms with Gasteiger partial charge in [-0.3, -0.25) is 4.79 Å². The molecular weight excluding hydrogens is 292 g/mol. The Kier molecular flexibility index (Phi) is 6.86. The molecule has 0 heterocycles. The molecule has 3 atom stereocenters. The van der Waals surface area contributed by atoms with E-state index in [4.69, 9.17) is 15.2 Å². The molecule has 1 aromatic rings. The number of carbonyl (C=O) groups is 1. The highest BCUT2D eigenvalue weighted by molar-refractivity contribution is 5.78. The minimum absolute atomic E-state index is 0.0164. The molecule has 1 saturated carbocycles. The summed E-state index contributed by atoms with van der Waals surface area (Å²) in [4.78, 5) is 12.2. The van der Waals surface area contributed by atoms with Gasteiger partial charge in [0.2, 0.25) is 5.91 Å². The summed E-state index contributed by atoms with van der Waals surface area (Å²) >= 11 is 0. The quantitative estimate of drug-likeness (QED) is 0.753. The van der Waals surface area contributed by atoms with Crippen molar-refractivity contribution in [3.63, 3.8) is 0 Å². The van der Waals surface area contributed by atoms with Crippen LogP contribution >= 0.6 is 0 Å². The summed E-state index contributed by atoms with van der Waals surface area (Å²) in [5, 5.41) is 3.04. The topological polar surface area (TPSA) is 73.6 Å². The number of ether oxygens (including phenoxy) is 2. The summed E-state index contributed by atoms with van der Waals surface area (Å²) in [6.07, 6.45) is 4.29. The van der Waals surface area contributed by atoms with Crippen LogP contribution in [0.1, 0.15) is 31.2 Å². The van der Waals surface area contributed by atoms with E-state index in [1.807, 2.05) is 18.2 Å². The van der Waals surface area contributed by atoms with E-state index in [2.05, 4.69) is 11.4 Å². The summed E-state index contributed by atoms with van der Waals surface area (Å²) in [7, 11) is 3.36. The fraction of sp³-hybridized carbons (Fsp3) is 0.611. The minimum Gasteiger partial charge on any atom is -0.496 e. The lowest BCUT2D eigenvalue weighted by Crippen LogP contribution is -2.45. The van der Waals surface area contributed by atoms with Gasteiger partial charge in [0.15, 0.2) is 0 Å². The van der Waals surface area contributed by atoms with Crippen LogP contribution in [0.5, 0.6) is 5.75 Å². The number of amides is 1. The lowest BCUT2D eigenvalue weighted by molar-refractivity contribution is -0.127. The first-order chi connectivity index (χ1) is 11.2. The summed E-state index contributed by atoms with van der Waals surface area (Å²) in [5.41, 5.74) is 7.23. The normalized spacial score (nSPS) is 24.2. The standard InChI is InChI=1S/C18H28N2O3/c1-22-16-8-4-3-6-13(16)7-5-11-20-18(21)14-9-10-17(23-2)15(19)12-14/h3-4,6,8,14-15,17H,5,7,9-12,19H2,1-2H3,(H,20,21)/t14-,15+,17+/m0/s1. The number of benzene rings is 1. The number of rotatable bonds is 7. The van der Waals surface area contributed by atoms with Crippen molar-refractivity contribution < 1.29 is 14.3 Å². The van der Waals surface area contributed by atoms with Crippen LogP contribution in [0.15, 0.2) is 24.3 Å². The number of nitrogens with two attached hydrogens (primary N) is 1. The molecule has 0 saturated heterocycles.